The Balaban J connectivity index is 2.18. The first-order chi connectivity index (χ1) is 12.0. The van der Waals surface area contributed by atoms with E-state index in [1.165, 1.54) is 0 Å². The number of nitrogens with zero attached hydrogens (tertiary/aromatic N) is 2. The zero-order chi connectivity index (χ0) is 18.3. The summed E-state index contributed by atoms with van der Waals surface area (Å²) in [4.78, 5) is 24.5. The number of benzene rings is 1. The van der Waals surface area contributed by atoms with Gasteiger partial charge < -0.3 is 5.32 Å². The average molecular weight is 341 g/mol. The molecule has 1 aromatic rings. The molecule has 1 N–H and O–H groups in total. The molecule has 25 heavy (non-hydrogen) atoms. The number of carbonyl (C=O) groups excluding carboxylic acids is 2. The predicted molar refractivity (Wildman–Crippen MR) is 101 cm³/mol. The maximum atomic E-state index is 12.4. The van der Waals surface area contributed by atoms with Crippen molar-refractivity contribution >= 4 is 24.2 Å². The standard InChI is InChI=1S/C20H27N3O2/c1-4-6-8-13-17(14-16-11-9-7-10-12-16)15-21-23-18(24)20(3,5-2)22-19(23)25/h7,9-12,14-15H,4-6,8,13H2,1-3H3,(H,22,25)/b17-14+,21-15+. The molecule has 1 heterocycles. The molecule has 5 nitrogen and oxygen atoms in total. The van der Waals surface area contributed by atoms with Gasteiger partial charge in [0.05, 0.1) is 6.21 Å². The van der Waals surface area contributed by atoms with Gasteiger partial charge in [-0.2, -0.15) is 5.10 Å². The van der Waals surface area contributed by atoms with Gasteiger partial charge in [-0.05, 0) is 37.3 Å². The Hall–Kier alpha value is -2.43. The zero-order valence-corrected chi connectivity index (χ0v) is 15.3. The van der Waals surface area contributed by atoms with Crippen LogP contribution in [0.4, 0.5) is 4.79 Å². The smallest absolute Gasteiger partial charge is 0.322 e. The van der Waals surface area contributed by atoms with Crippen molar-refractivity contribution in [3.63, 3.8) is 0 Å². The molecule has 1 aromatic carbocycles. The van der Waals surface area contributed by atoms with Crippen molar-refractivity contribution in [1.82, 2.24) is 10.3 Å². The Morgan fingerprint density at radius 3 is 2.52 bits per heavy atom. The van der Waals surface area contributed by atoms with Crippen LogP contribution in [0.3, 0.4) is 0 Å². The SMILES string of the molecule is CCCCCC(/C=N/N1C(=O)NC(C)(CC)C1=O)=C\c1ccccc1. The van der Waals surface area contributed by atoms with Crippen LogP contribution in [0.5, 0.6) is 0 Å². The summed E-state index contributed by atoms with van der Waals surface area (Å²) in [5.41, 5.74) is 1.22. The lowest BCUT2D eigenvalue weighted by Gasteiger charge is -2.17. The minimum atomic E-state index is -0.861. The summed E-state index contributed by atoms with van der Waals surface area (Å²) in [5, 5.41) is 7.84. The van der Waals surface area contributed by atoms with E-state index < -0.39 is 11.6 Å². The van der Waals surface area contributed by atoms with E-state index in [1.807, 2.05) is 37.3 Å². The van der Waals surface area contributed by atoms with E-state index in [0.717, 1.165) is 41.8 Å². The van der Waals surface area contributed by atoms with Crippen molar-refractivity contribution in [1.29, 1.82) is 0 Å². The van der Waals surface area contributed by atoms with Crippen molar-refractivity contribution in [2.24, 2.45) is 5.10 Å². The number of amides is 3. The molecule has 0 bridgehead atoms. The molecule has 0 saturated carbocycles. The van der Waals surface area contributed by atoms with Crippen molar-refractivity contribution in [3.05, 3.63) is 41.5 Å². The van der Waals surface area contributed by atoms with Gasteiger partial charge in [0.2, 0.25) is 0 Å². The number of nitrogens with one attached hydrogen (secondary N) is 1. The van der Waals surface area contributed by atoms with Gasteiger partial charge in [0.1, 0.15) is 5.54 Å². The molecular weight excluding hydrogens is 314 g/mol. The van der Waals surface area contributed by atoms with E-state index in [2.05, 4.69) is 23.4 Å². The van der Waals surface area contributed by atoms with Gasteiger partial charge in [-0.15, -0.1) is 5.01 Å². The predicted octanol–water partition coefficient (Wildman–Crippen LogP) is 4.36. The minimum absolute atomic E-state index is 0.302. The van der Waals surface area contributed by atoms with Crippen LogP contribution in [-0.2, 0) is 4.79 Å². The fourth-order valence-electron chi connectivity index (χ4n) is 2.66. The normalized spacial score (nSPS) is 21.2. The molecular formula is C20H27N3O2. The number of imide groups is 1. The summed E-state index contributed by atoms with van der Waals surface area (Å²) >= 11 is 0. The Bertz CT molecular complexity index is 667. The summed E-state index contributed by atoms with van der Waals surface area (Å²) in [7, 11) is 0. The number of unbranched alkanes of at least 4 members (excludes halogenated alkanes) is 2. The molecule has 1 saturated heterocycles. The zero-order valence-electron chi connectivity index (χ0n) is 15.3. The van der Waals surface area contributed by atoms with E-state index in [0.29, 0.717) is 6.42 Å². The van der Waals surface area contributed by atoms with Gasteiger partial charge in [-0.25, -0.2) is 4.79 Å². The molecule has 1 unspecified atom stereocenters. The molecule has 134 valence electrons. The number of rotatable bonds is 8. The second-order valence-corrected chi connectivity index (χ2v) is 6.56. The van der Waals surface area contributed by atoms with Crippen LogP contribution in [0.25, 0.3) is 6.08 Å². The highest BCUT2D eigenvalue weighted by Gasteiger charge is 2.46. The van der Waals surface area contributed by atoms with Crippen LogP contribution in [-0.4, -0.2) is 28.7 Å². The topological polar surface area (TPSA) is 61.8 Å². The van der Waals surface area contributed by atoms with Crippen LogP contribution >= 0.6 is 0 Å². The monoisotopic (exact) mass is 341 g/mol. The number of hydrogen-bond donors (Lipinski definition) is 1. The lowest BCUT2D eigenvalue weighted by molar-refractivity contribution is -0.130. The second-order valence-electron chi connectivity index (χ2n) is 6.56. The van der Waals surface area contributed by atoms with Crippen molar-refractivity contribution in [2.75, 3.05) is 0 Å². The summed E-state index contributed by atoms with van der Waals surface area (Å²) < 4.78 is 0. The number of hydrazone groups is 1. The van der Waals surface area contributed by atoms with E-state index in [-0.39, 0.29) is 5.91 Å². The molecule has 0 radical (unpaired) electrons. The maximum absolute atomic E-state index is 12.4. The van der Waals surface area contributed by atoms with Crippen LogP contribution < -0.4 is 5.32 Å². The molecule has 0 aliphatic carbocycles. The number of hydrogen-bond acceptors (Lipinski definition) is 3. The highest BCUT2D eigenvalue weighted by Crippen LogP contribution is 2.21. The van der Waals surface area contributed by atoms with Crippen molar-refractivity contribution in [3.8, 4) is 0 Å². The summed E-state index contributed by atoms with van der Waals surface area (Å²) in [5.74, 6) is -0.302. The van der Waals surface area contributed by atoms with Crippen LogP contribution in [0, 0.1) is 0 Å². The van der Waals surface area contributed by atoms with Crippen LogP contribution in [0.15, 0.2) is 41.0 Å². The van der Waals surface area contributed by atoms with Gasteiger partial charge in [-0.3, -0.25) is 4.79 Å². The Labute approximate surface area is 149 Å². The molecule has 5 heteroatoms. The molecule has 0 aromatic heterocycles. The first-order valence-corrected chi connectivity index (χ1v) is 8.96. The van der Waals surface area contributed by atoms with Crippen LogP contribution in [0.1, 0.15) is 58.4 Å². The highest BCUT2D eigenvalue weighted by atomic mass is 16.2. The van der Waals surface area contributed by atoms with Crippen LogP contribution in [0.2, 0.25) is 0 Å². The lowest BCUT2D eigenvalue weighted by Crippen LogP contribution is -2.42. The lowest BCUT2D eigenvalue weighted by atomic mass is 10.00. The molecule has 1 fully saturated rings. The molecule has 0 spiro atoms. The first kappa shape index (κ1) is 18.9. The molecule has 2 rings (SSSR count). The maximum Gasteiger partial charge on any atom is 0.346 e. The third kappa shape index (κ3) is 4.78. The number of urea groups is 1. The Morgan fingerprint density at radius 1 is 1.20 bits per heavy atom. The average Bonchev–Trinajstić information content (AvgIpc) is 2.83. The summed E-state index contributed by atoms with van der Waals surface area (Å²) in [6, 6.07) is 9.53. The molecule has 1 atom stereocenters. The third-order valence-electron chi connectivity index (χ3n) is 4.51. The summed E-state index contributed by atoms with van der Waals surface area (Å²) in [6.07, 6.45) is 8.41. The van der Waals surface area contributed by atoms with Gasteiger partial charge in [0.25, 0.3) is 5.91 Å². The molecule has 1 aliphatic rings. The fourth-order valence-corrected chi connectivity index (χ4v) is 2.66. The second kappa shape index (κ2) is 8.60. The van der Waals surface area contributed by atoms with Gasteiger partial charge in [0.15, 0.2) is 0 Å². The van der Waals surface area contributed by atoms with Gasteiger partial charge >= 0.3 is 6.03 Å². The Morgan fingerprint density at radius 2 is 1.92 bits per heavy atom. The fraction of sp³-hybridized carbons (Fsp3) is 0.450. The van der Waals surface area contributed by atoms with E-state index in [9.17, 15) is 9.59 Å². The highest BCUT2D eigenvalue weighted by molar-refractivity contribution is 6.07. The minimum Gasteiger partial charge on any atom is -0.322 e. The molecule has 3 amide bonds. The van der Waals surface area contributed by atoms with E-state index in [4.69, 9.17) is 0 Å². The first-order valence-electron chi connectivity index (χ1n) is 8.96. The summed E-state index contributed by atoms with van der Waals surface area (Å²) in [6.45, 7) is 5.76. The Kier molecular flexibility index (Phi) is 6.51. The van der Waals surface area contributed by atoms with E-state index >= 15 is 0 Å². The number of carbonyl (C=O) groups is 2. The largest absolute Gasteiger partial charge is 0.346 e. The van der Waals surface area contributed by atoms with Gasteiger partial charge in [0, 0.05) is 0 Å². The van der Waals surface area contributed by atoms with Gasteiger partial charge in [-0.1, -0.05) is 63.1 Å². The van der Waals surface area contributed by atoms with E-state index in [1.54, 1.807) is 13.1 Å². The number of allylic oxidation sites excluding steroid dienone is 1. The van der Waals surface area contributed by atoms with Crippen molar-refractivity contribution < 1.29 is 9.59 Å². The molecule has 1 aliphatic heterocycles. The third-order valence-corrected chi connectivity index (χ3v) is 4.51. The van der Waals surface area contributed by atoms with Crippen molar-refractivity contribution in [2.45, 2.75) is 58.4 Å². The quantitative estimate of drug-likeness (QED) is 0.434.